The van der Waals surface area contributed by atoms with Crippen LogP contribution in [0.2, 0.25) is 0 Å². The Balaban J connectivity index is 1.93. The highest BCUT2D eigenvalue weighted by molar-refractivity contribution is 7.99. The van der Waals surface area contributed by atoms with Crippen LogP contribution in [0, 0.1) is 11.3 Å². The van der Waals surface area contributed by atoms with E-state index in [0.717, 1.165) is 29.5 Å². The van der Waals surface area contributed by atoms with Gasteiger partial charge in [-0.25, -0.2) is 0 Å². The van der Waals surface area contributed by atoms with Crippen LogP contribution >= 0.6 is 11.8 Å². The quantitative estimate of drug-likeness (QED) is 0.712. The molecular formula is C15H13N7S. The fourth-order valence-corrected chi connectivity index (χ4v) is 2.81. The van der Waals surface area contributed by atoms with Gasteiger partial charge in [-0.1, -0.05) is 6.92 Å². The lowest BCUT2D eigenvalue weighted by atomic mass is 10.2. The molecule has 0 radical (unpaired) electrons. The SMILES string of the molecule is CCCn1c(Sc2ccc(C#N)nn2)nnc1-c1ccncc1. The zero-order valence-corrected chi connectivity index (χ0v) is 13.2. The maximum Gasteiger partial charge on any atom is 0.197 e. The van der Waals surface area contributed by atoms with Crippen molar-refractivity contribution in [2.45, 2.75) is 30.1 Å². The molecule has 0 spiro atoms. The average molecular weight is 323 g/mol. The Morgan fingerprint density at radius 2 is 1.91 bits per heavy atom. The van der Waals surface area contributed by atoms with E-state index in [9.17, 15) is 0 Å². The van der Waals surface area contributed by atoms with Crippen molar-refractivity contribution < 1.29 is 0 Å². The van der Waals surface area contributed by atoms with Gasteiger partial charge in [0, 0.05) is 24.5 Å². The molecular weight excluding hydrogens is 310 g/mol. The minimum atomic E-state index is 0.293. The number of hydrogen-bond donors (Lipinski definition) is 0. The summed E-state index contributed by atoms with van der Waals surface area (Å²) in [6.45, 7) is 2.91. The van der Waals surface area contributed by atoms with E-state index in [2.05, 4.69) is 36.9 Å². The van der Waals surface area contributed by atoms with Crippen molar-refractivity contribution in [2.75, 3.05) is 0 Å². The van der Waals surface area contributed by atoms with Gasteiger partial charge in [-0.2, -0.15) is 5.26 Å². The molecule has 0 aliphatic heterocycles. The molecule has 0 aromatic carbocycles. The highest BCUT2D eigenvalue weighted by Gasteiger charge is 2.15. The minimum Gasteiger partial charge on any atom is -0.302 e. The van der Waals surface area contributed by atoms with Crippen LogP contribution in [0.25, 0.3) is 11.4 Å². The van der Waals surface area contributed by atoms with Crippen LogP contribution < -0.4 is 0 Å². The van der Waals surface area contributed by atoms with Crippen LogP contribution in [0.1, 0.15) is 19.0 Å². The molecule has 0 saturated heterocycles. The number of rotatable bonds is 5. The molecule has 0 atom stereocenters. The number of pyridine rings is 1. The Bertz CT molecular complexity index is 821. The van der Waals surface area contributed by atoms with E-state index < -0.39 is 0 Å². The Kier molecular flexibility index (Phi) is 4.59. The van der Waals surface area contributed by atoms with Crippen LogP contribution in [0.4, 0.5) is 0 Å². The topological polar surface area (TPSA) is 93.2 Å². The zero-order chi connectivity index (χ0) is 16.1. The Labute approximate surface area is 137 Å². The predicted octanol–water partition coefficient (Wildman–Crippen LogP) is 2.56. The maximum absolute atomic E-state index is 8.77. The van der Waals surface area contributed by atoms with Gasteiger partial charge in [0.05, 0.1) is 0 Å². The average Bonchev–Trinajstić information content (AvgIpc) is 2.99. The van der Waals surface area contributed by atoms with E-state index in [1.165, 1.54) is 11.8 Å². The Morgan fingerprint density at radius 3 is 2.57 bits per heavy atom. The van der Waals surface area contributed by atoms with Crippen LogP contribution in [0.3, 0.4) is 0 Å². The molecule has 0 bridgehead atoms. The second-order valence-corrected chi connectivity index (χ2v) is 5.65. The first kappa shape index (κ1) is 15.1. The molecule has 3 rings (SSSR count). The number of nitriles is 1. The molecule has 8 heteroatoms. The van der Waals surface area contributed by atoms with Gasteiger partial charge in [-0.3, -0.25) is 4.98 Å². The summed E-state index contributed by atoms with van der Waals surface area (Å²) in [6.07, 6.45) is 4.43. The summed E-state index contributed by atoms with van der Waals surface area (Å²) in [7, 11) is 0. The molecule has 114 valence electrons. The van der Waals surface area contributed by atoms with Crippen molar-refractivity contribution >= 4 is 11.8 Å². The standard InChI is InChI=1S/C15H13N7S/c1-2-9-22-14(11-5-7-17-8-6-11)20-21-15(22)23-13-4-3-12(10-16)18-19-13/h3-8H,2,9H2,1H3. The first-order valence-corrected chi connectivity index (χ1v) is 7.88. The summed E-state index contributed by atoms with van der Waals surface area (Å²) in [5, 5.41) is 26.6. The van der Waals surface area contributed by atoms with Gasteiger partial charge in [-0.15, -0.1) is 20.4 Å². The van der Waals surface area contributed by atoms with E-state index >= 15 is 0 Å². The van der Waals surface area contributed by atoms with E-state index in [0.29, 0.717) is 10.7 Å². The monoisotopic (exact) mass is 323 g/mol. The van der Waals surface area contributed by atoms with E-state index in [1.807, 2.05) is 18.2 Å². The lowest BCUT2D eigenvalue weighted by Gasteiger charge is -2.08. The van der Waals surface area contributed by atoms with Crippen molar-refractivity contribution in [3.63, 3.8) is 0 Å². The molecule has 0 saturated carbocycles. The Morgan fingerprint density at radius 1 is 1.09 bits per heavy atom. The fourth-order valence-electron chi connectivity index (χ4n) is 2.03. The highest BCUT2D eigenvalue weighted by atomic mass is 32.2. The molecule has 3 aromatic heterocycles. The zero-order valence-electron chi connectivity index (χ0n) is 12.4. The summed E-state index contributed by atoms with van der Waals surface area (Å²) < 4.78 is 2.06. The normalized spacial score (nSPS) is 10.4. The lowest BCUT2D eigenvalue weighted by molar-refractivity contribution is 0.625. The molecule has 0 aliphatic carbocycles. The van der Waals surface area contributed by atoms with Gasteiger partial charge in [0.25, 0.3) is 0 Å². The summed E-state index contributed by atoms with van der Waals surface area (Å²) in [5.74, 6) is 0.804. The third-order valence-electron chi connectivity index (χ3n) is 3.05. The molecule has 3 heterocycles. The van der Waals surface area contributed by atoms with Crippen LogP contribution in [-0.2, 0) is 6.54 Å². The van der Waals surface area contributed by atoms with Crippen LogP contribution in [-0.4, -0.2) is 29.9 Å². The third kappa shape index (κ3) is 3.35. The summed E-state index contributed by atoms with van der Waals surface area (Å²) in [6, 6.07) is 9.17. The number of aromatic nitrogens is 6. The van der Waals surface area contributed by atoms with Gasteiger partial charge in [0.2, 0.25) is 0 Å². The van der Waals surface area contributed by atoms with Gasteiger partial charge in [0.15, 0.2) is 16.7 Å². The van der Waals surface area contributed by atoms with E-state index in [-0.39, 0.29) is 0 Å². The Hall–Kier alpha value is -2.79. The predicted molar refractivity (Wildman–Crippen MR) is 84.4 cm³/mol. The summed E-state index contributed by atoms with van der Waals surface area (Å²) in [4.78, 5) is 4.03. The van der Waals surface area contributed by atoms with Gasteiger partial charge < -0.3 is 4.57 Å². The lowest BCUT2D eigenvalue weighted by Crippen LogP contribution is -2.02. The van der Waals surface area contributed by atoms with Crippen molar-refractivity contribution in [1.29, 1.82) is 5.26 Å². The first-order valence-electron chi connectivity index (χ1n) is 7.07. The number of hydrogen-bond acceptors (Lipinski definition) is 7. The van der Waals surface area contributed by atoms with Crippen molar-refractivity contribution in [1.82, 2.24) is 29.9 Å². The summed E-state index contributed by atoms with van der Waals surface area (Å²) >= 11 is 1.38. The van der Waals surface area contributed by atoms with E-state index in [4.69, 9.17) is 5.26 Å². The smallest absolute Gasteiger partial charge is 0.197 e. The molecule has 0 aliphatic rings. The minimum absolute atomic E-state index is 0.293. The first-order chi connectivity index (χ1) is 11.3. The van der Waals surface area contributed by atoms with Crippen molar-refractivity contribution in [3.05, 3.63) is 42.4 Å². The molecule has 3 aromatic rings. The van der Waals surface area contributed by atoms with Gasteiger partial charge in [-0.05, 0) is 42.4 Å². The largest absolute Gasteiger partial charge is 0.302 e. The third-order valence-corrected chi connectivity index (χ3v) is 3.96. The molecule has 0 amide bonds. The fraction of sp³-hybridized carbons (Fsp3) is 0.200. The summed E-state index contributed by atoms with van der Waals surface area (Å²) in [5.41, 5.74) is 1.26. The maximum atomic E-state index is 8.77. The highest BCUT2D eigenvalue weighted by Crippen LogP contribution is 2.28. The van der Waals surface area contributed by atoms with Crippen molar-refractivity contribution in [3.8, 4) is 17.5 Å². The van der Waals surface area contributed by atoms with Gasteiger partial charge in [0.1, 0.15) is 11.1 Å². The molecule has 7 nitrogen and oxygen atoms in total. The van der Waals surface area contributed by atoms with Crippen molar-refractivity contribution in [2.24, 2.45) is 0 Å². The molecule has 0 N–H and O–H groups in total. The van der Waals surface area contributed by atoms with Gasteiger partial charge >= 0.3 is 0 Å². The molecule has 0 unspecified atom stereocenters. The second-order valence-electron chi connectivity index (χ2n) is 4.66. The number of nitrogens with zero attached hydrogens (tertiary/aromatic N) is 7. The second kappa shape index (κ2) is 6.98. The molecule has 0 fully saturated rings. The molecule has 23 heavy (non-hydrogen) atoms. The van der Waals surface area contributed by atoms with E-state index in [1.54, 1.807) is 24.5 Å². The van der Waals surface area contributed by atoms with Crippen LogP contribution in [0.5, 0.6) is 0 Å². The van der Waals surface area contributed by atoms with Crippen LogP contribution in [0.15, 0.2) is 46.8 Å².